The lowest BCUT2D eigenvalue weighted by Crippen LogP contribution is -2.40. The molecule has 0 bridgehead atoms. The van der Waals surface area contributed by atoms with Gasteiger partial charge in [0.1, 0.15) is 12.7 Å². The van der Waals surface area contributed by atoms with Crippen molar-refractivity contribution in [3.8, 4) is 11.5 Å². The highest BCUT2D eigenvalue weighted by Crippen LogP contribution is 2.30. The van der Waals surface area contributed by atoms with Gasteiger partial charge >= 0.3 is 0 Å². The van der Waals surface area contributed by atoms with Gasteiger partial charge in [-0.15, -0.1) is 0 Å². The van der Waals surface area contributed by atoms with Gasteiger partial charge in [0, 0.05) is 11.3 Å². The third-order valence-corrected chi connectivity index (χ3v) is 4.11. The molecule has 0 saturated carbocycles. The molecule has 8 heteroatoms. The Morgan fingerprint density at radius 2 is 1.80 bits per heavy atom. The number of carbonyl (C=O) groups excluding carboxylic acids is 1. The van der Waals surface area contributed by atoms with E-state index in [1.165, 1.54) is 12.1 Å². The zero-order valence-electron chi connectivity index (χ0n) is 13.6. The molecule has 1 atom stereocenters. The topological polar surface area (TPSA) is 93.7 Å². The fraction of sp³-hybridized carbons (Fsp3) is 0.235. The molecule has 25 heavy (non-hydrogen) atoms. The average Bonchev–Trinajstić information content (AvgIpc) is 2.59. The molecule has 0 aliphatic carbocycles. The lowest BCUT2D eigenvalue weighted by molar-refractivity contribution is 0.0789. The summed E-state index contributed by atoms with van der Waals surface area (Å²) in [6.45, 7) is 0.658. The van der Waals surface area contributed by atoms with E-state index in [1.54, 1.807) is 12.1 Å². The van der Waals surface area contributed by atoms with Crippen LogP contribution < -0.4 is 19.5 Å². The summed E-state index contributed by atoms with van der Waals surface area (Å²) >= 11 is 0. The molecule has 0 radical (unpaired) electrons. The zero-order valence-corrected chi connectivity index (χ0v) is 14.4. The Labute approximate surface area is 146 Å². The van der Waals surface area contributed by atoms with Crippen LogP contribution >= 0.6 is 0 Å². The maximum absolute atomic E-state index is 12.2. The monoisotopic (exact) mass is 362 g/mol. The average molecular weight is 362 g/mol. The summed E-state index contributed by atoms with van der Waals surface area (Å²) in [5.74, 6) is 1.08. The van der Waals surface area contributed by atoms with Crippen LogP contribution in [0.15, 0.2) is 48.5 Å². The molecule has 1 heterocycles. The molecule has 2 aromatic rings. The molecule has 0 fully saturated rings. The Hall–Kier alpha value is -2.74. The van der Waals surface area contributed by atoms with Crippen molar-refractivity contribution in [3.05, 3.63) is 54.1 Å². The lowest BCUT2D eigenvalue weighted by atomic mass is 10.2. The van der Waals surface area contributed by atoms with Gasteiger partial charge in [0.15, 0.2) is 11.5 Å². The van der Waals surface area contributed by atoms with E-state index < -0.39 is 10.0 Å². The molecule has 0 unspecified atom stereocenters. The van der Waals surface area contributed by atoms with E-state index in [2.05, 4.69) is 10.0 Å². The quantitative estimate of drug-likeness (QED) is 0.843. The normalized spacial score (nSPS) is 16.1. The Kier molecular flexibility index (Phi) is 4.80. The van der Waals surface area contributed by atoms with Crippen molar-refractivity contribution >= 4 is 21.6 Å². The molecule has 2 N–H and O–H groups in total. The van der Waals surface area contributed by atoms with Gasteiger partial charge in [0.05, 0.1) is 12.8 Å². The first-order valence-corrected chi connectivity index (χ1v) is 9.54. The number of fused-ring (bicyclic) bond motifs is 1. The molecular formula is C17H18N2O5S. The predicted molar refractivity (Wildman–Crippen MR) is 93.6 cm³/mol. The highest BCUT2D eigenvalue weighted by Gasteiger charge is 2.21. The van der Waals surface area contributed by atoms with Crippen LogP contribution in [0.2, 0.25) is 0 Å². The van der Waals surface area contributed by atoms with Gasteiger partial charge in [-0.25, -0.2) is 8.42 Å². The third kappa shape index (κ3) is 4.63. The fourth-order valence-corrected chi connectivity index (χ4v) is 2.94. The third-order valence-electron chi connectivity index (χ3n) is 3.51. The van der Waals surface area contributed by atoms with Gasteiger partial charge in [0.2, 0.25) is 10.0 Å². The van der Waals surface area contributed by atoms with Crippen LogP contribution in [-0.4, -0.2) is 39.8 Å². The van der Waals surface area contributed by atoms with Crippen molar-refractivity contribution in [1.29, 1.82) is 0 Å². The van der Waals surface area contributed by atoms with Crippen LogP contribution in [0.5, 0.6) is 11.5 Å². The van der Waals surface area contributed by atoms with Crippen LogP contribution in [0.25, 0.3) is 0 Å². The molecule has 1 aliphatic rings. The smallest absolute Gasteiger partial charge is 0.251 e. The fourth-order valence-electron chi connectivity index (χ4n) is 2.38. The predicted octanol–water partition coefficient (Wildman–Crippen LogP) is 1.63. The first-order chi connectivity index (χ1) is 11.9. The molecule has 1 aliphatic heterocycles. The summed E-state index contributed by atoms with van der Waals surface area (Å²) in [6, 6.07) is 13.5. The second-order valence-electron chi connectivity index (χ2n) is 5.66. The summed E-state index contributed by atoms with van der Waals surface area (Å²) in [5, 5.41) is 2.78. The number of hydrogen-bond donors (Lipinski definition) is 2. The largest absolute Gasteiger partial charge is 0.486 e. The van der Waals surface area contributed by atoms with Gasteiger partial charge in [-0.2, -0.15) is 0 Å². The molecular weight excluding hydrogens is 344 g/mol. The molecule has 132 valence electrons. The maximum atomic E-state index is 12.2. The SMILES string of the molecule is CS(=O)(=O)Nc1ccc(C(=O)NC[C@H]2COc3ccccc3O2)cc1. The van der Waals surface area contributed by atoms with Crippen molar-refractivity contribution < 1.29 is 22.7 Å². The second-order valence-corrected chi connectivity index (χ2v) is 7.41. The van der Waals surface area contributed by atoms with Crippen molar-refractivity contribution in [2.75, 3.05) is 24.1 Å². The minimum Gasteiger partial charge on any atom is -0.486 e. The van der Waals surface area contributed by atoms with Crippen molar-refractivity contribution in [3.63, 3.8) is 0 Å². The van der Waals surface area contributed by atoms with E-state index in [9.17, 15) is 13.2 Å². The number of amides is 1. The number of anilines is 1. The van der Waals surface area contributed by atoms with Gasteiger partial charge < -0.3 is 14.8 Å². The van der Waals surface area contributed by atoms with Crippen LogP contribution in [0.3, 0.4) is 0 Å². The molecule has 1 amide bonds. The van der Waals surface area contributed by atoms with E-state index in [1.807, 2.05) is 24.3 Å². The molecule has 0 spiro atoms. The Morgan fingerprint density at radius 3 is 2.48 bits per heavy atom. The van der Waals surface area contributed by atoms with Gasteiger partial charge in [-0.1, -0.05) is 12.1 Å². The maximum Gasteiger partial charge on any atom is 0.251 e. The van der Waals surface area contributed by atoms with Crippen LogP contribution in [-0.2, 0) is 10.0 Å². The highest BCUT2D eigenvalue weighted by atomic mass is 32.2. The number of carbonyl (C=O) groups is 1. The first kappa shape index (κ1) is 17.1. The molecule has 7 nitrogen and oxygen atoms in total. The standard InChI is InChI=1S/C17H18N2O5S/c1-25(21,22)19-13-8-6-12(7-9-13)17(20)18-10-14-11-23-15-4-2-3-5-16(15)24-14/h2-9,14,19H,10-11H2,1H3,(H,18,20)/t14-/m0/s1. The first-order valence-electron chi connectivity index (χ1n) is 7.65. The summed E-state index contributed by atoms with van der Waals surface area (Å²) in [5.41, 5.74) is 0.829. The number of sulfonamides is 1. The van der Waals surface area contributed by atoms with Crippen LogP contribution in [0.1, 0.15) is 10.4 Å². The number of benzene rings is 2. The molecule has 3 rings (SSSR count). The van der Waals surface area contributed by atoms with Crippen molar-refractivity contribution in [2.45, 2.75) is 6.10 Å². The van der Waals surface area contributed by atoms with E-state index >= 15 is 0 Å². The van der Waals surface area contributed by atoms with Crippen LogP contribution in [0, 0.1) is 0 Å². The molecule has 0 saturated heterocycles. The Bertz CT molecular complexity index is 865. The van der Waals surface area contributed by atoms with Gasteiger partial charge in [0.25, 0.3) is 5.91 Å². The number of rotatable bonds is 5. The zero-order chi connectivity index (χ0) is 17.9. The summed E-state index contributed by atoms with van der Waals surface area (Å²) in [4.78, 5) is 12.2. The number of ether oxygens (including phenoxy) is 2. The minimum atomic E-state index is -3.34. The Morgan fingerprint density at radius 1 is 1.12 bits per heavy atom. The number of nitrogens with one attached hydrogen (secondary N) is 2. The van der Waals surface area contributed by atoms with Crippen molar-refractivity contribution in [2.24, 2.45) is 0 Å². The number of hydrogen-bond acceptors (Lipinski definition) is 5. The van der Waals surface area contributed by atoms with Gasteiger partial charge in [-0.3, -0.25) is 9.52 Å². The summed E-state index contributed by atoms with van der Waals surface area (Å²) in [6.07, 6.45) is 0.794. The second kappa shape index (κ2) is 7.02. The van der Waals surface area contributed by atoms with Crippen molar-refractivity contribution in [1.82, 2.24) is 5.32 Å². The van der Waals surface area contributed by atoms with E-state index in [0.717, 1.165) is 6.26 Å². The number of para-hydroxylation sites is 2. The van der Waals surface area contributed by atoms with E-state index in [0.29, 0.717) is 35.9 Å². The highest BCUT2D eigenvalue weighted by molar-refractivity contribution is 7.92. The van der Waals surface area contributed by atoms with Crippen LogP contribution in [0.4, 0.5) is 5.69 Å². The van der Waals surface area contributed by atoms with Gasteiger partial charge in [-0.05, 0) is 36.4 Å². The Balaban J connectivity index is 1.55. The molecule has 2 aromatic carbocycles. The van der Waals surface area contributed by atoms with E-state index in [4.69, 9.17) is 9.47 Å². The summed E-state index contributed by atoms with van der Waals surface area (Å²) in [7, 11) is -3.34. The lowest BCUT2D eigenvalue weighted by Gasteiger charge is -2.26. The minimum absolute atomic E-state index is 0.270. The summed E-state index contributed by atoms with van der Waals surface area (Å²) < 4.78 is 36.1. The van der Waals surface area contributed by atoms with E-state index in [-0.39, 0.29) is 12.0 Å². The molecule has 0 aromatic heterocycles.